The van der Waals surface area contributed by atoms with Gasteiger partial charge in [0.2, 0.25) is 5.88 Å². The van der Waals surface area contributed by atoms with Crippen molar-refractivity contribution < 1.29 is 39.6 Å². The van der Waals surface area contributed by atoms with Crippen LogP contribution in [0.2, 0.25) is 5.02 Å². The Morgan fingerprint density at radius 1 is 1.11 bits per heavy atom. The van der Waals surface area contributed by atoms with E-state index in [0.29, 0.717) is 18.5 Å². The molecule has 192 valence electrons. The molecule has 0 amide bonds. The number of nitrogens with zero attached hydrogens (tertiary/aromatic N) is 1. The summed E-state index contributed by atoms with van der Waals surface area (Å²) in [5.74, 6) is -1.97. The van der Waals surface area contributed by atoms with Gasteiger partial charge in [-0.2, -0.15) is 16.8 Å². The van der Waals surface area contributed by atoms with Crippen LogP contribution in [0.25, 0.3) is 0 Å². The van der Waals surface area contributed by atoms with Crippen LogP contribution in [0.3, 0.4) is 0 Å². The zero-order valence-electron chi connectivity index (χ0n) is 18.7. The van der Waals surface area contributed by atoms with Gasteiger partial charge in [-0.05, 0) is 29.3 Å². The molecule has 2 aliphatic rings. The Morgan fingerprint density at radius 2 is 1.86 bits per heavy atom. The van der Waals surface area contributed by atoms with E-state index in [1.807, 2.05) is 18.2 Å². The molecule has 35 heavy (non-hydrogen) atoms. The van der Waals surface area contributed by atoms with Crippen LogP contribution in [-0.2, 0) is 38.0 Å². The topological polar surface area (TPSA) is 130 Å². The molecule has 0 bridgehead atoms. The number of hydrogen-bond donors (Lipinski definition) is 3. The first kappa shape index (κ1) is 26.4. The number of ether oxygens (including phenoxy) is 1. The molecule has 0 radical (unpaired) electrons. The summed E-state index contributed by atoms with van der Waals surface area (Å²) in [4.78, 5) is 0. The zero-order chi connectivity index (χ0) is 25.4. The largest absolute Gasteiger partial charge is 0.367 e. The van der Waals surface area contributed by atoms with Gasteiger partial charge in [-0.15, -0.1) is 0 Å². The molecule has 2 unspecified atom stereocenters. The molecule has 0 spiro atoms. The van der Waals surface area contributed by atoms with Gasteiger partial charge in [0, 0.05) is 30.1 Å². The molecule has 9 nitrogen and oxygen atoms in total. The van der Waals surface area contributed by atoms with E-state index < -0.39 is 55.9 Å². The normalized spacial score (nSPS) is 27.0. The maximum atomic E-state index is 13.8. The second kappa shape index (κ2) is 10.0. The Morgan fingerprint density at radius 3 is 2.54 bits per heavy atom. The molecule has 13 heteroatoms. The van der Waals surface area contributed by atoms with Crippen molar-refractivity contribution in [2.45, 2.75) is 31.2 Å². The standard InChI is InChI=1S/C22H26ClFN2O7S2/c23-17-7-15(8-18(24)10-17)12-33-21-9-16-3-1-2-4-20(16)22(21)26(14-35(30,31)32)6-5-25-11-19(26)13-34(27,28)29/h1-4,7-8,10,19,21-22,25H,5-6,9,11-14H2,(H-,27,28,29,30,31,32)/p+1/t19?,21-,22-,26?/m1/s1. The number of fused-ring (bicyclic) bond motifs is 1. The highest BCUT2D eigenvalue weighted by molar-refractivity contribution is 7.86. The lowest BCUT2D eigenvalue weighted by Crippen LogP contribution is -2.70. The van der Waals surface area contributed by atoms with Crippen molar-refractivity contribution in [2.24, 2.45) is 0 Å². The summed E-state index contributed by atoms with van der Waals surface area (Å²) in [6.07, 6.45) is -0.209. The van der Waals surface area contributed by atoms with Crippen molar-refractivity contribution in [3.8, 4) is 0 Å². The second-order valence-electron chi connectivity index (χ2n) is 9.12. The molecule has 0 saturated carbocycles. The minimum atomic E-state index is -4.57. The lowest BCUT2D eigenvalue weighted by Gasteiger charge is -2.51. The molecule has 0 aromatic heterocycles. The number of nitrogens with one attached hydrogen (secondary N) is 1. The van der Waals surface area contributed by atoms with Crippen molar-refractivity contribution in [1.82, 2.24) is 5.32 Å². The number of benzene rings is 2. The van der Waals surface area contributed by atoms with Crippen LogP contribution in [0, 0.1) is 5.82 Å². The third kappa shape index (κ3) is 6.20. The highest BCUT2D eigenvalue weighted by Crippen LogP contribution is 2.45. The average Bonchev–Trinajstić information content (AvgIpc) is 3.10. The van der Waals surface area contributed by atoms with Gasteiger partial charge in [0.1, 0.15) is 29.8 Å². The summed E-state index contributed by atoms with van der Waals surface area (Å²) in [6, 6.07) is 9.83. The van der Waals surface area contributed by atoms with E-state index >= 15 is 0 Å². The van der Waals surface area contributed by atoms with Gasteiger partial charge < -0.3 is 10.1 Å². The molecule has 1 aliphatic carbocycles. The molecule has 2 aromatic rings. The number of hydrogen-bond acceptors (Lipinski definition) is 6. The fourth-order valence-electron chi connectivity index (χ4n) is 5.48. The first-order chi connectivity index (χ1) is 16.4. The number of halogens is 2. The van der Waals surface area contributed by atoms with Gasteiger partial charge in [-0.25, -0.2) is 4.39 Å². The Hall–Kier alpha value is -1.64. The summed E-state index contributed by atoms with van der Waals surface area (Å²) in [6.45, 7) is 0.632. The van der Waals surface area contributed by atoms with E-state index in [1.165, 1.54) is 12.1 Å². The van der Waals surface area contributed by atoms with E-state index in [4.69, 9.17) is 16.3 Å². The highest BCUT2D eigenvalue weighted by atomic mass is 35.5. The SMILES string of the molecule is O=S(=O)(O)CC1CNCC[N+]1(CS(=O)(=O)O)[C@@H]1c2ccccc2C[C@H]1OCc1cc(F)cc(Cl)c1. The van der Waals surface area contributed by atoms with Crippen molar-refractivity contribution in [1.29, 1.82) is 0 Å². The molecule has 3 N–H and O–H groups in total. The third-order valence-electron chi connectivity index (χ3n) is 6.71. The summed E-state index contributed by atoms with van der Waals surface area (Å²) in [7, 11) is -9.04. The number of piperazine rings is 1. The maximum absolute atomic E-state index is 13.8. The van der Waals surface area contributed by atoms with Crippen molar-refractivity contribution in [3.05, 3.63) is 70.0 Å². The minimum absolute atomic E-state index is 0.0142. The monoisotopic (exact) mass is 549 g/mol. The molecule has 1 heterocycles. The number of rotatable bonds is 8. The molecule has 4 rings (SSSR count). The zero-order valence-corrected chi connectivity index (χ0v) is 21.1. The smallest absolute Gasteiger partial charge is 0.316 e. The molecular weight excluding hydrogens is 523 g/mol. The number of quaternary nitrogens is 1. The summed E-state index contributed by atoms with van der Waals surface area (Å²) >= 11 is 5.96. The Balaban J connectivity index is 1.78. The maximum Gasteiger partial charge on any atom is 0.316 e. The lowest BCUT2D eigenvalue weighted by molar-refractivity contribution is -0.971. The summed E-state index contributed by atoms with van der Waals surface area (Å²) in [5.41, 5.74) is 2.17. The quantitative estimate of drug-likeness (QED) is 0.337. The Bertz CT molecular complexity index is 1290. The first-order valence-electron chi connectivity index (χ1n) is 11.0. The minimum Gasteiger partial charge on any atom is -0.367 e. The molecule has 4 atom stereocenters. The van der Waals surface area contributed by atoms with Crippen LogP contribution in [0.5, 0.6) is 0 Å². The van der Waals surface area contributed by atoms with E-state index in [2.05, 4.69) is 5.32 Å². The predicted octanol–water partition coefficient (Wildman–Crippen LogP) is 2.18. The molecule has 1 aliphatic heterocycles. The van der Waals surface area contributed by atoms with Gasteiger partial charge >= 0.3 is 10.1 Å². The van der Waals surface area contributed by atoms with E-state index in [1.54, 1.807) is 12.1 Å². The van der Waals surface area contributed by atoms with Crippen LogP contribution in [0.4, 0.5) is 4.39 Å². The van der Waals surface area contributed by atoms with Gasteiger partial charge in [0.15, 0.2) is 0 Å². The van der Waals surface area contributed by atoms with Crippen molar-refractivity contribution in [2.75, 3.05) is 31.3 Å². The second-order valence-corrected chi connectivity index (χ2v) is 12.5. The Kier molecular flexibility index (Phi) is 7.56. The molecule has 2 aromatic carbocycles. The molecule has 1 saturated heterocycles. The molecule has 1 fully saturated rings. The average molecular weight is 550 g/mol. The molecular formula is C22H27ClFN2O7S2+. The van der Waals surface area contributed by atoms with Crippen LogP contribution >= 0.6 is 11.6 Å². The van der Waals surface area contributed by atoms with Crippen molar-refractivity contribution in [3.63, 3.8) is 0 Å². The van der Waals surface area contributed by atoms with Crippen LogP contribution in [-0.4, -0.2) is 73.8 Å². The first-order valence-corrected chi connectivity index (χ1v) is 14.6. The van der Waals surface area contributed by atoms with Crippen LogP contribution in [0.1, 0.15) is 22.7 Å². The van der Waals surface area contributed by atoms with Crippen LogP contribution in [0.15, 0.2) is 42.5 Å². The van der Waals surface area contributed by atoms with Gasteiger partial charge in [0.25, 0.3) is 10.1 Å². The predicted molar refractivity (Wildman–Crippen MR) is 127 cm³/mol. The van der Waals surface area contributed by atoms with E-state index in [9.17, 15) is 30.3 Å². The van der Waals surface area contributed by atoms with Gasteiger partial charge in [0.05, 0.1) is 13.2 Å². The lowest BCUT2D eigenvalue weighted by atomic mass is 9.99. The third-order valence-corrected chi connectivity index (χ3v) is 8.54. The van der Waals surface area contributed by atoms with Crippen molar-refractivity contribution >= 4 is 31.8 Å². The van der Waals surface area contributed by atoms with E-state index in [-0.39, 0.29) is 29.2 Å². The summed E-state index contributed by atoms with van der Waals surface area (Å²) < 4.78 is 87.6. The fourth-order valence-corrected chi connectivity index (χ4v) is 7.74. The Labute approximate surface area is 208 Å². The van der Waals surface area contributed by atoms with E-state index in [0.717, 1.165) is 11.1 Å². The summed E-state index contributed by atoms with van der Waals surface area (Å²) in [5, 5.41) is 3.27. The van der Waals surface area contributed by atoms with Gasteiger partial charge in [-0.1, -0.05) is 35.9 Å². The van der Waals surface area contributed by atoms with Gasteiger partial charge in [-0.3, -0.25) is 13.6 Å². The fraction of sp³-hybridized carbons (Fsp3) is 0.455. The van der Waals surface area contributed by atoms with Crippen LogP contribution < -0.4 is 5.32 Å². The highest BCUT2D eigenvalue weighted by Gasteiger charge is 2.55.